The summed E-state index contributed by atoms with van der Waals surface area (Å²) in [6.45, 7) is 13.2. The Labute approximate surface area is 181 Å². The summed E-state index contributed by atoms with van der Waals surface area (Å²) in [5, 5.41) is 9.56. The van der Waals surface area contributed by atoms with E-state index in [9.17, 15) is 9.81 Å². The third kappa shape index (κ3) is 6.06. The van der Waals surface area contributed by atoms with Crippen molar-refractivity contribution in [2.24, 2.45) is 12.0 Å². The predicted octanol–water partition coefficient (Wildman–Crippen LogP) is 4.15. The van der Waals surface area contributed by atoms with Crippen molar-refractivity contribution >= 4 is 21.6 Å². The molecule has 30 heavy (non-hydrogen) atoms. The SMILES string of the molecule is CC(O[Si](C)(C)C(C)(C)C)c1nc(-c2ccc(CC(CO)N=CB=O)cc2)cn1C. The van der Waals surface area contributed by atoms with Gasteiger partial charge < -0.3 is 4.43 Å². The van der Waals surface area contributed by atoms with E-state index >= 15 is 0 Å². The first-order valence-electron chi connectivity index (χ1n) is 10.4. The van der Waals surface area contributed by atoms with Gasteiger partial charge in [-0.05, 0) is 25.1 Å². The zero-order chi connectivity index (χ0) is 22.5. The molecule has 6 nitrogen and oxygen atoms in total. The third-order valence-corrected chi connectivity index (χ3v) is 10.4. The molecule has 1 aromatic heterocycles. The van der Waals surface area contributed by atoms with Crippen LogP contribution in [0.3, 0.4) is 0 Å². The Morgan fingerprint density at radius 1 is 1.30 bits per heavy atom. The number of nitrogens with zero attached hydrogens (tertiary/aromatic N) is 3. The van der Waals surface area contributed by atoms with Gasteiger partial charge in [0.15, 0.2) is 8.32 Å². The fraction of sp³-hybridized carbons (Fsp3) is 0.545. The van der Waals surface area contributed by atoms with E-state index in [0.717, 1.165) is 22.6 Å². The summed E-state index contributed by atoms with van der Waals surface area (Å²) < 4.78 is 19.0. The Balaban J connectivity index is 2.16. The van der Waals surface area contributed by atoms with Crippen LogP contribution in [0.1, 0.15) is 45.2 Å². The van der Waals surface area contributed by atoms with Crippen LogP contribution < -0.4 is 0 Å². The van der Waals surface area contributed by atoms with E-state index in [-0.39, 0.29) is 23.8 Å². The molecule has 1 aromatic carbocycles. The molecule has 1 N–H and O–H groups in total. The Hall–Kier alpha value is -1.90. The Kier molecular flexibility index (Phi) is 8.07. The van der Waals surface area contributed by atoms with Crippen LogP contribution in [0, 0.1) is 0 Å². The molecule has 0 radical (unpaired) electrons. The van der Waals surface area contributed by atoms with Crippen molar-refractivity contribution in [2.45, 2.75) is 64.4 Å². The second-order valence-electron chi connectivity index (χ2n) is 9.29. The van der Waals surface area contributed by atoms with Crippen LogP contribution in [0.15, 0.2) is 35.5 Å². The van der Waals surface area contributed by atoms with Gasteiger partial charge in [0.05, 0.1) is 0 Å². The van der Waals surface area contributed by atoms with Gasteiger partial charge in [-0.25, -0.2) is 0 Å². The maximum absolute atomic E-state index is 10.4. The summed E-state index contributed by atoms with van der Waals surface area (Å²) in [5.41, 5.74) is 2.98. The number of aliphatic hydroxyl groups is 1. The minimum atomic E-state index is -1.89. The van der Waals surface area contributed by atoms with E-state index in [2.05, 4.69) is 45.8 Å². The number of aliphatic hydroxyl groups excluding tert-OH is 1. The van der Waals surface area contributed by atoms with Crippen LogP contribution in [0.5, 0.6) is 0 Å². The molecule has 0 amide bonds. The fourth-order valence-electron chi connectivity index (χ4n) is 3.07. The minimum absolute atomic E-state index is 0.0788. The number of aryl methyl sites for hydroxylation is 1. The second kappa shape index (κ2) is 9.94. The van der Waals surface area contributed by atoms with Crippen molar-refractivity contribution in [3.05, 3.63) is 41.9 Å². The van der Waals surface area contributed by atoms with Crippen molar-refractivity contribution in [3.63, 3.8) is 0 Å². The van der Waals surface area contributed by atoms with Crippen LogP contribution in [-0.2, 0) is 22.6 Å². The van der Waals surface area contributed by atoms with E-state index in [1.165, 1.54) is 6.11 Å². The van der Waals surface area contributed by atoms with Gasteiger partial charge >= 0.3 is 123 Å². The van der Waals surface area contributed by atoms with Crippen LogP contribution in [-0.4, -0.2) is 48.9 Å². The van der Waals surface area contributed by atoms with Gasteiger partial charge in [-0.1, -0.05) is 20.8 Å². The number of aliphatic imine (C=N–C) groups is 1. The Morgan fingerprint density at radius 3 is 2.47 bits per heavy atom. The normalized spacial score (nSPS) is 14.7. The fourth-order valence-corrected chi connectivity index (χ4v) is 4.42. The molecule has 0 bridgehead atoms. The van der Waals surface area contributed by atoms with E-state index < -0.39 is 8.32 Å². The first kappa shape index (κ1) is 24.4. The molecule has 0 saturated carbocycles. The van der Waals surface area contributed by atoms with Crippen molar-refractivity contribution in [1.29, 1.82) is 0 Å². The van der Waals surface area contributed by atoms with Gasteiger partial charge in [-0.3, -0.25) is 0 Å². The molecule has 0 aliphatic rings. The molecular weight excluding hydrogens is 393 g/mol. The quantitative estimate of drug-likeness (QED) is 0.482. The molecule has 0 aliphatic carbocycles. The first-order valence-corrected chi connectivity index (χ1v) is 13.3. The molecule has 0 saturated heterocycles. The summed E-state index contributed by atoms with van der Waals surface area (Å²) in [4.78, 5) is 8.90. The van der Waals surface area contributed by atoms with E-state index in [1.54, 1.807) is 0 Å². The van der Waals surface area contributed by atoms with Gasteiger partial charge in [0.25, 0.3) is 0 Å². The first-order chi connectivity index (χ1) is 14.0. The standard InChI is InChI=1S/C22H34BN3O3Si/c1-16(29-30(6,7)22(2,3)4)21-25-20(13-26(21)5)18-10-8-17(9-11-18)12-19(14-27)24-15-23-28/h8-11,13,15-16,19,27H,12,14H2,1-7H3. The molecule has 2 rings (SSSR count). The molecule has 162 valence electrons. The monoisotopic (exact) mass is 427 g/mol. The average molecular weight is 427 g/mol. The zero-order valence-electron chi connectivity index (χ0n) is 19.2. The molecule has 2 aromatic rings. The van der Waals surface area contributed by atoms with Crippen LogP contribution in [0.4, 0.5) is 0 Å². The van der Waals surface area contributed by atoms with Crippen molar-refractivity contribution in [2.75, 3.05) is 6.61 Å². The van der Waals surface area contributed by atoms with Gasteiger partial charge in [0.2, 0.25) is 0 Å². The number of rotatable bonds is 9. The summed E-state index contributed by atoms with van der Waals surface area (Å²) in [7, 11) is 0.740. The predicted molar refractivity (Wildman–Crippen MR) is 125 cm³/mol. The number of hydrogen-bond acceptors (Lipinski definition) is 5. The Bertz CT molecular complexity index is 873. The van der Waals surface area contributed by atoms with E-state index in [1.807, 2.05) is 42.1 Å². The molecule has 0 spiro atoms. The summed E-state index contributed by atoms with van der Waals surface area (Å²) >= 11 is 0. The summed E-state index contributed by atoms with van der Waals surface area (Å²) in [6.07, 6.45) is 3.72. The summed E-state index contributed by atoms with van der Waals surface area (Å²) in [6, 6.07) is 7.77. The Morgan fingerprint density at radius 2 is 1.93 bits per heavy atom. The molecule has 2 unspecified atom stereocenters. The van der Waals surface area contributed by atoms with Gasteiger partial charge in [0.1, 0.15) is 0 Å². The third-order valence-electron chi connectivity index (χ3n) is 5.84. The topological polar surface area (TPSA) is 76.7 Å². The van der Waals surface area contributed by atoms with E-state index in [0.29, 0.717) is 13.6 Å². The van der Waals surface area contributed by atoms with E-state index in [4.69, 9.17) is 9.41 Å². The zero-order valence-corrected chi connectivity index (χ0v) is 20.2. The number of hydrogen-bond donors (Lipinski definition) is 1. The molecular formula is C22H34BN3O3Si. The van der Waals surface area contributed by atoms with Crippen LogP contribution >= 0.6 is 0 Å². The van der Waals surface area contributed by atoms with Crippen molar-refractivity contribution in [1.82, 2.24) is 9.55 Å². The van der Waals surface area contributed by atoms with Gasteiger partial charge in [0, 0.05) is 0 Å². The number of aromatic nitrogens is 2. The number of benzene rings is 1. The second-order valence-corrected chi connectivity index (χ2v) is 14.0. The molecule has 2 atom stereocenters. The van der Waals surface area contributed by atoms with Gasteiger partial charge in [-0.15, -0.1) is 0 Å². The maximum atomic E-state index is 10.4. The van der Waals surface area contributed by atoms with Crippen molar-refractivity contribution < 1.29 is 14.2 Å². The molecule has 1 heterocycles. The molecule has 0 aliphatic heterocycles. The van der Waals surface area contributed by atoms with Crippen LogP contribution in [0.2, 0.25) is 18.1 Å². The average Bonchev–Trinajstić information content (AvgIpc) is 3.06. The molecule has 0 fully saturated rings. The van der Waals surface area contributed by atoms with Crippen LogP contribution in [0.25, 0.3) is 11.3 Å². The number of imidazole rings is 1. The molecule has 8 heteroatoms. The van der Waals surface area contributed by atoms with Gasteiger partial charge in [-0.2, -0.15) is 0 Å². The van der Waals surface area contributed by atoms with Crippen molar-refractivity contribution in [3.8, 4) is 11.3 Å². The summed E-state index contributed by atoms with van der Waals surface area (Å²) in [5.74, 6) is 0.919.